The van der Waals surface area contributed by atoms with E-state index in [0.717, 1.165) is 12.8 Å². The normalized spacial score (nSPS) is 20.5. The van der Waals surface area contributed by atoms with Gasteiger partial charge >= 0.3 is 0 Å². The van der Waals surface area contributed by atoms with E-state index in [2.05, 4.69) is 6.92 Å². The predicted octanol–water partition coefficient (Wildman–Crippen LogP) is 3.81. The van der Waals surface area contributed by atoms with Gasteiger partial charge in [-0.15, -0.1) is 0 Å². The lowest BCUT2D eigenvalue weighted by Crippen LogP contribution is -2.39. The molecule has 0 saturated carbocycles. The molecule has 4 nitrogen and oxygen atoms in total. The van der Waals surface area contributed by atoms with Crippen LogP contribution in [0.1, 0.15) is 26.7 Å². The van der Waals surface area contributed by atoms with Crippen molar-refractivity contribution < 1.29 is 13.2 Å². The summed E-state index contributed by atoms with van der Waals surface area (Å²) >= 11 is 12.2. The van der Waals surface area contributed by atoms with E-state index in [9.17, 15) is 8.42 Å². The van der Waals surface area contributed by atoms with Gasteiger partial charge < -0.3 is 4.74 Å². The maximum Gasteiger partial charge on any atom is 0.244 e. The van der Waals surface area contributed by atoms with Gasteiger partial charge in [-0.2, -0.15) is 4.31 Å². The Bertz CT molecular complexity index is 619. The summed E-state index contributed by atoms with van der Waals surface area (Å²) in [5.41, 5.74) is 0. The van der Waals surface area contributed by atoms with Crippen LogP contribution in [0.5, 0.6) is 5.75 Å². The van der Waals surface area contributed by atoms with Crippen molar-refractivity contribution in [3.63, 3.8) is 0 Å². The zero-order chi connectivity index (χ0) is 15.6. The van der Waals surface area contributed by atoms with E-state index in [1.807, 2.05) is 6.92 Å². The summed E-state index contributed by atoms with van der Waals surface area (Å²) in [6.45, 7) is 5.35. The van der Waals surface area contributed by atoms with Crippen LogP contribution in [0, 0.1) is 5.92 Å². The number of hydrogen-bond donors (Lipinski definition) is 0. The highest BCUT2D eigenvalue weighted by molar-refractivity contribution is 7.89. The number of sulfonamides is 1. The van der Waals surface area contributed by atoms with E-state index in [0.29, 0.717) is 31.4 Å². The van der Waals surface area contributed by atoms with Crippen LogP contribution in [0.25, 0.3) is 0 Å². The molecule has 1 aliphatic heterocycles. The average Bonchev–Trinajstić information content (AvgIpc) is 2.42. The molecule has 1 fully saturated rings. The minimum absolute atomic E-state index is 0.0479. The fourth-order valence-corrected chi connectivity index (χ4v) is 4.88. The minimum Gasteiger partial charge on any atom is -0.492 e. The first kappa shape index (κ1) is 16.9. The quantitative estimate of drug-likeness (QED) is 0.828. The maximum atomic E-state index is 12.7. The molecular weight excluding hydrogens is 333 g/mol. The third kappa shape index (κ3) is 3.65. The van der Waals surface area contributed by atoms with Crippen LogP contribution >= 0.6 is 23.2 Å². The molecule has 0 aliphatic carbocycles. The number of benzene rings is 1. The number of hydrogen-bond acceptors (Lipinski definition) is 3. The number of ether oxygens (including phenoxy) is 1. The summed E-state index contributed by atoms with van der Waals surface area (Å²) in [4.78, 5) is 0.0479. The van der Waals surface area contributed by atoms with Crippen LogP contribution in [0.2, 0.25) is 10.0 Å². The number of piperidine rings is 1. The van der Waals surface area contributed by atoms with Gasteiger partial charge in [-0.05, 0) is 31.7 Å². The van der Waals surface area contributed by atoms with E-state index in [-0.39, 0.29) is 14.9 Å². The molecule has 1 atom stereocenters. The minimum atomic E-state index is -3.62. The van der Waals surface area contributed by atoms with Gasteiger partial charge in [0.25, 0.3) is 0 Å². The van der Waals surface area contributed by atoms with Crippen LogP contribution in [0.15, 0.2) is 17.0 Å². The molecule has 0 N–H and O–H groups in total. The molecule has 0 unspecified atom stereocenters. The second kappa shape index (κ2) is 6.73. The van der Waals surface area contributed by atoms with E-state index in [4.69, 9.17) is 27.9 Å². The van der Waals surface area contributed by atoms with Gasteiger partial charge in [0, 0.05) is 19.2 Å². The molecule has 21 heavy (non-hydrogen) atoms. The molecule has 0 aromatic heterocycles. The van der Waals surface area contributed by atoms with E-state index in [1.165, 1.54) is 16.4 Å². The summed E-state index contributed by atoms with van der Waals surface area (Å²) < 4.78 is 32.2. The smallest absolute Gasteiger partial charge is 0.244 e. The van der Waals surface area contributed by atoms with Gasteiger partial charge in [0.1, 0.15) is 10.6 Å². The third-order valence-corrected chi connectivity index (χ3v) is 6.15. The first-order valence-corrected chi connectivity index (χ1v) is 9.17. The lowest BCUT2D eigenvalue weighted by molar-refractivity contribution is 0.281. The Morgan fingerprint density at radius 3 is 2.67 bits per heavy atom. The highest BCUT2D eigenvalue weighted by atomic mass is 35.5. The molecular formula is C14H19Cl2NO3S. The Hall–Kier alpha value is -0.490. The summed E-state index contributed by atoms with van der Waals surface area (Å²) in [6.07, 6.45) is 1.91. The third-order valence-electron chi connectivity index (χ3n) is 3.52. The van der Waals surface area contributed by atoms with Crippen molar-refractivity contribution in [1.29, 1.82) is 0 Å². The van der Waals surface area contributed by atoms with Crippen molar-refractivity contribution in [2.45, 2.75) is 31.6 Å². The first-order valence-electron chi connectivity index (χ1n) is 6.98. The zero-order valence-corrected chi connectivity index (χ0v) is 14.4. The van der Waals surface area contributed by atoms with Gasteiger partial charge in [0.2, 0.25) is 10.0 Å². The Labute approximate surface area is 136 Å². The van der Waals surface area contributed by atoms with Gasteiger partial charge in [0.15, 0.2) is 0 Å². The van der Waals surface area contributed by atoms with Crippen LogP contribution < -0.4 is 4.74 Å². The molecule has 1 aliphatic rings. The summed E-state index contributed by atoms with van der Waals surface area (Å²) in [5.74, 6) is 0.751. The van der Waals surface area contributed by atoms with Crippen molar-refractivity contribution in [2.75, 3.05) is 19.7 Å². The SMILES string of the molecule is CCOc1cc(Cl)c(S(=O)(=O)N2CCC[C@H](C)C2)cc1Cl. The predicted molar refractivity (Wildman–Crippen MR) is 84.8 cm³/mol. The monoisotopic (exact) mass is 351 g/mol. The van der Waals surface area contributed by atoms with Crippen molar-refractivity contribution in [2.24, 2.45) is 5.92 Å². The van der Waals surface area contributed by atoms with Crippen molar-refractivity contribution >= 4 is 33.2 Å². The molecule has 0 amide bonds. The van der Waals surface area contributed by atoms with Crippen LogP contribution in [-0.4, -0.2) is 32.4 Å². The van der Waals surface area contributed by atoms with Gasteiger partial charge in [-0.3, -0.25) is 0 Å². The van der Waals surface area contributed by atoms with Crippen LogP contribution in [-0.2, 0) is 10.0 Å². The largest absolute Gasteiger partial charge is 0.492 e. The van der Waals surface area contributed by atoms with Gasteiger partial charge in [-0.1, -0.05) is 30.1 Å². The zero-order valence-electron chi connectivity index (χ0n) is 12.1. The van der Waals surface area contributed by atoms with Crippen molar-refractivity contribution in [3.05, 3.63) is 22.2 Å². The van der Waals surface area contributed by atoms with E-state index in [1.54, 1.807) is 0 Å². The van der Waals surface area contributed by atoms with E-state index >= 15 is 0 Å². The summed E-state index contributed by atoms with van der Waals surface area (Å²) in [5, 5.41) is 0.394. The summed E-state index contributed by atoms with van der Waals surface area (Å²) in [7, 11) is -3.62. The molecule has 0 radical (unpaired) electrons. The van der Waals surface area contributed by atoms with Gasteiger partial charge in [-0.25, -0.2) is 8.42 Å². The standard InChI is InChI=1S/C14H19Cl2NO3S/c1-3-20-13-7-12(16)14(8-11(13)15)21(18,19)17-6-4-5-10(2)9-17/h7-8,10H,3-6,9H2,1-2H3/t10-/m0/s1. The number of nitrogens with zero attached hydrogens (tertiary/aromatic N) is 1. The maximum absolute atomic E-state index is 12.7. The number of rotatable bonds is 4. The molecule has 0 spiro atoms. The van der Waals surface area contributed by atoms with Crippen molar-refractivity contribution in [1.82, 2.24) is 4.31 Å². The summed E-state index contributed by atoms with van der Waals surface area (Å²) in [6, 6.07) is 2.84. The molecule has 118 valence electrons. The van der Waals surface area contributed by atoms with Crippen LogP contribution in [0.4, 0.5) is 0 Å². The lowest BCUT2D eigenvalue weighted by atomic mass is 10.0. The Kier molecular flexibility index (Phi) is 5.41. The topological polar surface area (TPSA) is 46.6 Å². The van der Waals surface area contributed by atoms with Crippen molar-refractivity contribution in [3.8, 4) is 5.75 Å². The second-order valence-corrected chi connectivity index (χ2v) is 7.98. The molecule has 1 saturated heterocycles. The second-order valence-electron chi connectivity index (χ2n) is 5.26. The Balaban J connectivity index is 2.38. The fraction of sp³-hybridized carbons (Fsp3) is 0.571. The lowest BCUT2D eigenvalue weighted by Gasteiger charge is -2.30. The van der Waals surface area contributed by atoms with Gasteiger partial charge in [0.05, 0.1) is 16.7 Å². The highest BCUT2D eigenvalue weighted by Crippen LogP contribution is 2.35. The van der Waals surface area contributed by atoms with E-state index < -0.39 is 10.0 Å². The highest BCUT2D eigenvalue weighted by Gasteiger charge is 2.31. The molecule has 1 aromatic carbocycles. The Morgan fingerprint density at radius 2 is 2.05 bits per heavy atom. The van der Waals surface area contributed by atoms with Crippen LogP contribution in [0.3, 0.4) is 0 Å². The molecule has 2 rings (SSSR count). The number of halogens is 2. The molecule has 0 bridgehead atoms. The molecule has 1 aromatic rings. The fourth-order valence-electron chi connectivity index (χ4n) is 2.48. The first-order chi connectivity index (χ1) is 9.86. The Morgan fingerprint density at radius 1 is 1.33 bits per heavy atom. The molecule has 7 heteroatoms. The average molecular weight is 352 g/mol. The molecule has 1 heterocycles.